The minimum atomic E-state index is -5.55. The zero-order valence-corrected chi connectivity index (χ0v) is 34.1. The van der Waals surface area contributed by atoms with Gasteiger partial charge in [0.2, 0.25) is 0 Å². The molecule has 2 fully saturated rings. The topological polar surface area (TPSA) is 398 Å². The highest BCUT2D eigenvalue weighted by molar-refractivity contribution is 7.99. The largest absolute Gasteiger partial charge is 0.470 e. The van der Waals surface area contributed by atoms with Crippen LogP contribution < -0.4 is 0 Å². The van der Waals surface area contributed by atoms with Crippen molar-refractivity contribution in [2.45, 2.75) is 73.2 Å². The number of ether oxygens (including phenoxy) is 7. The average molecular weight is 917 g/mol. The van der Waals surface area contributed by atoms with Crippen LogP contribution in [-0.2, 0) is 78.6 Å². The first-order valence-corrected chi connectivity index (χ1v) is 23.7. The van der Waals surface area contributed by atoms with Crippen LogP contribution >= 0.6 is 50.9 Å². The molecule has 2 saturated carbocycles. The molecule has 54 heavy (non-hydrogen) atoms. The summed E-state index contributed by atoms with van der Waals surface area (Å²) in [7, 11) is -21.7. The standard InChI is InChI=1S/C21H45O27P5S/c1-37-10-11(38-2)20(47-52(31,32)33)21(48-53(34,35)36)16(19(10)46-51(28,29)30)43-7-9-54-8-6-42-15-12(39-3)17(44-49(22,23)24)14(41-5)18(13(15)40-4)45-50(25,26)27/h10-21H,6-9H2,1-5H3,(H2,22,23,24)(H2,25,26,27)(H2,28,29,30)(H2,31,32,33)(H2,34,35,36)/t10-,11-,12-,13+,14?,15?,16+,17+,18-,19+,20+,21+/m1/s1. The van der Waals surface area contributed by atoms with Gasteiger partial charge in [-0.2, -0.15) is 11.8 Å². The van der Waals surface area contributed by atoms with Crippen molar-refractivity contribution in [3.63, 3.8) is 0 Å². The third kappa shape index (κ3) is 16.0. The van der Waals surface area contributed by atoms with Gasteiger partial charge >= 0.3 is 39.1 Å². The molecule has 0 aromatic heterocycles. The molecule has 0 aliphatic heterocycles. The number of hydrogen-bond donors (Lipinski definition) is 10. The highest BCUT2D eigenvalue weighted by Gasteiger charge is 2.59. The lowest BCUT2D eigenvalue weighted by Crippen LogP contribution is -2.66. The van der Waals surface area contributed by atoms with Gasteiger partial charge in [0.05, 0.1) is 13.2 Å². The maximum atomic E-state index is 11.9. The first-order chi connectivity index (χ1) is 24.7. The van der Waals surface area contributed by atoms with Crippen LogP contribution in [0.25, 0.3) is 0 Å². The van der Waals surface area contributed by atoms with Crippen molar-refractivity contribution < 1.29 is 128 Å². The summed E-state index contributed by atoms with van der Waals surface area (Å²) in [4.78, 5) is 95.6. The number of phosphoric acid groups is 5. The van der Waals surface area contributed by atoms with Crippen LogP contribution in [0.1, 0.15) is 0 Å². The normalized spacial score (nSPS) is 33.2. The van der Waals surface area contributed by atoms with Gasteiger partial charge in [-0.05, 0) is 0 Å². The molecular weight excluding hydrogens is 871 g/mol. The van der Waals surface area contributed by atoms with E-state index in [9.17, 15) is 71.8 Å². The molecule has 33 heteroatoms. The lowest BCUT2D eigenvalue weighted by atomic mass is 9.84. The minimum absolute atomic E-state index is 0.0355. The molecule has 0 spiro atoms. The van der Waals surface area contributed by atoms with Gasteiger partial charge in [-0.15, -0.1) is 0 Å². The number of hydrogen-bond acceptors (Lipinski definition) is 18. The monoisotopic (exact) mass is 916 g/mol. The van der Waals surface area contributed by atoms with Gasteiger partial charge in [0.15, 0.2) is 0 Å². The SMILES string of the molecule is COC1[C@@H](OP(=O)(O)O)[C@H](OC)C(OCCSCCO[C@H]2[C@@H](OP(=O)(O)O)[C@H](OC)[C@@H](OC)[C@H](OP(=O)(O)O)[C@H]2OP(=O)(O)O)[C@H](OC)[C@H]1OP(=O)(O)O. The molecule has 0 radical (unpaired) electrons. The highest BCUT2D eigenvalue weighted by Crippen LogP contribution is 2.51. The second-order valence-electron chi connectivity index (χ2n) is 11.1. The van der Waals surface area contributed by atoms with Crippen molar-refractivity contribution in [2.24, 2.45) is 0 Å². The zero-order chi connectivity index (χ0) is 41.4. The molecule has 12 atom stereocenters. The van der Waals surface area contributed by atoms with E-state index in [1.165, 1.54) is 0 Å². The van der Waals surface area contributed by atoms with E-state index in [1.807, 2.05) is 0 Å². The summed E-state index contributed by atoms with van der Waals surface area (Å²) in [6.45, 7) is -0.653. The van der Waals surface area contributed by atoms with Gasteiger partial charge < -0.3 is 82.1 Å². The molecule has 0 saturated heterocycles. The maximum absolute atomic E-state index is 11.9. The van der Waals surface area contributed by atoms with Crippen LogP contribution in [0.2, 0.25) is 0 Å². The Morgan fingerprint density at radius 2 is 0.537 bits per heavy atom. The van der Waals surface area contributed by atoms with E-state index in [1.54, 1.807) is 0 Å². The van der Waals surface area contributed by atoms with Crippen LogP contribution in [0.15, 0.2) is 0 Å². The van der Waals surface area contributed by atoms with Gasteiger partial charge in [0.25, 0.3) is 0 Å². The Hall–Kier alpha value is 0.620. The molecule has 2 aliphatic rings. The van der Waals surface area contributed by atoms with Gasteiger partial charge in [-0.1, -0.05) is 0 Å². The summed E-state index contributed by atoms with van der Waals surface area (Å²) in [5.74, 6) is 0.0204. The van der Waals surface area contributed by atoms with E-state index >= 15 is 0 Å². The second-order valence-corrected chi connectivity index (χ2v) is 18.3. The molecular formula is C21H45O27P5S. The molecule has 2 rings (SSSR count). The summed E-state index contributed by atoms with van der Waals surface area (Å²) in [6, 6.07) is 0. The molecule has 2 aliphatic carbocycles. The Morgan fingerprint density at radius 3 is 0.796 bits per heavy atom. The highest BCUT2D eigenvalue weighted by atomic mass is 32.2. The number of rotatable bonds is 23. The molecule has 0 bridgehead atoms. The molecule has 27 nitrogen and oxygen atoms in total. The lowest BCUT2D eigenvalue weighted by molar-refractivity contribution is -0.244. The van der Waals surface area contributed by atoms with Crippen LogP contribution in [0.3, 0.4) is 0 Å². The molecule has 0 heterocycles. The van der Waals surface area contributed by atoms with Gasteiger partial charge in [-0.25, -0.2) is 22.8 Å². The van der Waals surface area contributed by atoms with Gasteiger partial charge in [0, 0.05) is 47.1 Å². The first kappa shape index (κ1) is 50.8. The third-order valence-corrected chi connectivity index (χ3v) is 11.1. The van der Waals surface area contributed by atoms with Crippen molar-refractivity contribution >= 4 is 50.9 Å². The van der Waals surface area contributed by atoms with E-state index in [0.29, 0.717) is 0 Å². The summed E-state index contributed by atoms with van der Waals surface area (Å²) in [6.07, 6.45) is -20.7. The van der Waals surface area contributed by atoms with Gasteiger partial charge in [0.1, 0.15) is 73.2 Å². The quantitative estimate of drug-likeness (QED) is 0.0391. The Kier molecular flexibility index (Phi) is 20.0. The zero-order valence-electron chi connectivity index (χ0n) is 28.8. The lowest BCUT2D eigenvalue weighted by Gasteiger charge is -2.48. The van der Waals surface area contributed by atoms with Crippen LogP contribution in [0.5, 0.6) is 0 Å². The fraction of sp³-hybridized carbons (Fsp3) is 1.00. The van der Waals surface area contributed by atoms with E-state index < -0.39 is 119 Å². The van der Waals surface area contributed by atoms with Gasteiger partial charge in [-0.3, -0.25) is 22.6 Å². The number of methoxy groups -OCH3 is 5. The molecule has 0 aromatic carbocycles. The molecule has 2 unspecified atom stereocenters. The van der Waals surface area contributed by atoms with Crippen molar-refractivity contribution in [2.75, 3.05) is 60.3 Å². The Morgan fingerprint density at radius 1 is 0.352 bits per heavy atom. The smallest absolute Gasteiger partial charge is 0.376 e. The Balaban J connectivity index is 2.28. The Labute approximate surface area is 311 Å². The molecule has 322 valence electrons. The second kappa shape index (κ2) is 21.2. The molecule has 0 aromatic rings. The van der Waals surface area contributed by atoms with E-state index in [2.05, 4.69) is 0 Å². The predicted octanol–water partition coefficient (Wildman–Crippen LogP) is -2.02. The summed E-state index contributed by atoms with van der Waals surface area (Å²) in [5.41, 5.74) is 0. The summed E-state index contributed by atoms with van der Waals surface area (Å²) < 4.78 is 121. The van der Waals surface area contributed by atoms with E-state index in [0.717, 1.165) is 47.3 Å². The summed E-state index contributed by atoms with van der Waals surface area (Å²) >= 11 is 1.06. The van der Waals surface area contributed by atoms with Crippen molar-refractivity contribution in [3.05, 3.63) is 0 Å². The van der Waals surface area contributed by atoms with Crippen molar-refractivity contribution in [3.8, 4) is 0 Å². The maximum Gasteiger partial charge on any atom is 0.470 e. The summed E-state index contributed by atoms with van der Waals surface area (Å²) in [5, 5.41) is 0. The number of thioether (sulfide) groups is 1. The third-order valence-electron chi connectivity index (χ3n) is 7.62. The van der Waals surface area contributed by atoms with E-state index in [-0.39, 0.29) is 18.1 Å². The first-order valence-electron chi connectivity index (χ1n) is 14.9. The number of phosphoric ester groups is 5. The van der Waals surface area contributed by atoms with Crippen LogP contribution in [0, 0.1) is 0 Å². The fourth-order valence-electron chi connectivity index (χ4n) is 5.94. The van der Waals surface area contributed by atoms with E-state index in [4.69, 9.17) is 55.8 Å². The van der Waals surface area contributed by atoms with Crippen molar-refractivity contribution in [1.82, 2.24) is 0 Å². The predicted molar refractivity (Wildman–Crippen MR) is 175 cm³/mol. The molecule has 0 amide bonds. The Bertz CT molecular complexity index is 1360. The van der Waals surface area contributed by atoms with Crippen molar-refractivity contribution in [1.29, 1.82) is 0 Å². The fourth-order valence-corrected chi connectivity index (χ4v) is 9.36. The average Bonchev–Trinajstić information content (AvgIpc) is 2.99. The minimum Gasteiger partial charge on any atom is -0.376 e. The van der Waals surface area contributed by atoms with Crippen LogP contribution in [0.4, 0.5) is 0 Å². The van der Waals surface area contributed by atoms with Crippen LogP contribution in [-0.4, -0.2) is 182 Å². The molecule has 10 N–H and O–H groups in total.